The van der Waals surface area contributed by atoms with E-state index in [1.807, 2.05) is 42.5 Å². The van der Waals surface area contributed by atoms with Crippen LogP contribution in [-0.4, -0.2) is 11.1 Å². The summed E-state index contributed by atoms with van der Waals surface area (Å²) in [5.74, 6) is -0.409. The number of carbonyl (C=O) groups is 1. The van der Waals surface area contributed by atoms with Gasteiger partial charge in [0.05, 0.1) is 11.4 Å². The van der Waals surface area contributed by atoms with Crippen LogP contribution >= 0.6 is 0 Å². The molecule has 1 amide bonds. The topological polar surface area (TPSA) is 51.2 Å². The molecule has 124 valence electrons. The molecular formula is C20H15FN2O2. The van der Waals surface area contributed by atoms with Crippen molar-refractivity contribution in [2.45, 2.75) is 12.1 Å². The number of benzene rings is 2. The summed E-state index contributed by atoms with van der Waals surface area (Å²) in [4.78, 5) is 16.4. The summed E-state index contributed by atoms with van der Waals surface area (Å²) >= 11 is 0. The van der Waals surface area contributed by atoms with Gasteiger partial charge in [-0.1, -0.05) is 54.6 Å². The fourth-order valence-corrected chi connectivity index (χ4v) is 2.99. The Hall–Kier alpha value is -3.21. The lowest BCUT2D eigenvalue weighted by atomic mass is 9.99. The highest BCUT2D eigenvalue weighted by atomic mass is 19.1. The molecule has 0 spiro atoms. The number of amides is 1. The van der Waals surface area contributed by atoms with Gasteiger partial charge in [0, 0.05) is 11.1 Å². The van der Waals surface area contributed by atoms with Crippen LogP contribution in [0.4, 0.5) is 9.18 Å². The second kappa shape index (κ2) is 6.36. The molecule has 25 heavy (non-hydrogen) atoms. The maximum absolute atomic E-state index is 14.2. The van der Waals surface area contributed by atoms with Crippen molar-refractivity contribution < 1.29 is 13.9 Å². The molecule has 0 aliphatic carbocycles. The third-order valence-corrected chi connectivity index (χ3v) is 4.18. The third-order valence-electron chi connectivity index (χ3n) is 4.18. The minimum atomic E-state index is -0.757. The monoisotopic (exact) mass is 334 g/mol. The highest BCUT2D eigenvalue weighted by Gasteiger charge is 2.38. The van der Waals surface area contributed by atoms with E-state index in [2.05, 4.69) is 10.3 Å². The number of halogens is 1. The molecule has 5 heteroatoms. The standard InChI is InChI=1S/C20H15FN2O2/c21-15-10-5-4-9-14(15)19-18(23-20(24)25-19)17-12-6-11-16(22-17)13-7-2-1-3-8-13/h1-12,18-19H,(H,23,24)/t18-,19-/m0/s1. The number of cyclic esters (lactones) is 1. The minimum absolute atomic E-state index is 0.331. The molecule has 0 radical (unpaired) electrons. The Bertz CT molecular complexity index is 914. The van der Waals surface area contributed by atoms with Crippen molar-refractivity contribution in [2.75, 3.05) is 0 Å². The number of hydrogen-bond acceptors (Lipinski definition) is 3. The lowest BCUT2D eigenvalue weighted by molar-refractivity contribution is 0.129. The van der Waals surface area contributed by atoms with E-state index in [0.29, 0.717) is 11.3 Å². The SMILES string of the molecule is O=C1N[C@@H](c2cccc(-c3ccccc3)n2)[C@H](c2ccccc2F)O1. The first kappa shape index (κ1) is 15.3. The first-order valence-corrected chi connectivity index (χ1v) is 7.96. The van der Waals surface area contributed by atoms with E-state index < -0.39 is 24.1 Å². The molecule has 1 N–H and O–H groups in total. The average Bonchev–Trinajstić information content (AvgIpc) is 3.04. The van der Waals surface area contributed by atoms with E-state index in [-0.39, 0.29) is 0 Å². The van der Waals surface area contributed by atoms with E-state index in [9.17, 15) is 9.18 Å². The molecule has 1 aliphatic heterocycles. The number of ether oxygens (including phenoxy) is 1. The Morgan fingerprint density at radius 3 is 2.48 bits per heavy atom. The molecule has 4 nitrogen and oxygen atoms in total. The van der Waals surface area contributed by atoms with Crippen LogP contribution in [0.5, 0.6) is 0 Å². The average molecular weight is 334 g/mol. The molecular weight excluding hydrogens is 319 g/mol. The number of carbonyl (C=O) groups excluding carboxylic acids is 1. The summed E-state index contributed by atoms with van der Waals surface area (Å²) in [6.07, 6.45) is -1.34. The second-order valence-electron chi connectivity index (χ2n) is 5.78. The van der Waals surface area contributed by atoms with Crippen LogP contribution in [0, 0.1) is 5.82 Å². The number of nitrogens with one attached hydrogen (secondary N) is 1. The van der Waals surface area contributed by atoms with Gasteiger partial charge in [-0.2, -0.15) is 0 Å². The van der Waals surface area contributed by atoms with E-state index >= 15 is 0 Å². The summed E-state index contributed by atoms with van der Waals surface area (Å²) in [5, 5.41) is 2.73. The predicted octanol–water partition coefficient (Wildman–Crippen LogP) is 4.41. The van der Waals surface area contributed by atoms with E-state index in [1.54, 1.807) is 24.3 Å². The maximum Gasteiger partial charge on any atom is 0.408 e. The fraction of sp³-hybridized carbons (Fsp3) is 0.100. The van der Waals surface area contributed by atoms with Crippen LogP contribution in [0.15, 0.2) is 72.8 Å². The number of alkyl carbamates (subject to hydrolysis) is 1. The van der Waals surface area contributed by atoms with Gasteiger partial charge in [0.25, 0.3) is 0 Å². The van der Waals surface area contributed by atoms with Gasteiger partial charge in [-0.15, -0.1) is 0 Å². The minimum Gasteiger partial charge on any atom is -0.439 e. The van der Waals surface area contributed by atoms with Crippen LogP contribution in [0.1, 0.15) is 23.4 Å². The van der Waals surface area contributed by atoms with E-state index in [0.717, 1.165) is 11.3 Å². The van der Waals surface area contributed by atoms with Gasteiger partial charge in [0.2, 0.25) is 0 Å². The van der Waals surface area contributed by atoms with Gasteiger partial charge in [0.15, 0.2) is 6.10 Å². The largest absolute Gasteiger partial charge is 0.439 e. The number of rotatable bonds is 3. The predicted molar refractivity (Wildman–Crippen MR) is 91.2 cm³/mol. The van der Waals surface area contributed by atoms with Crippen LogP contribution in [0.2, 0.25) is 0 Å². The molecule has 3 aromatic rings. The van der Waals surface area contributed by atoms with Crippen molar-refractivity contribution in [1.29, 1.82) is 0 Å². The number of pyridine rings is 1. The maximum atomic E-state index is 14.2. The summed E-state index contributed by atoms with van der Waals surface area (Å²) in [5.41, 5.74) is 2.71. The third kappa shape index (κ3) is 2.96. The first-order valence-electron chi connectivity index (χ1n) is 7.96. The first-order chi connectivity index (χ1) is 12.2. The molecule has 1 aliphatic rings. The summed E-state index contributed by atoms with van der Waals surface area (Å²) in [7, 11) is 0. The molecule has 4 rings (SSSR count). The molecule has 1 aromatic heterocycles. The normalized spacial score (nSPS) is 19.3. The zero-order chi connectivity index (χ0) is 17.2. The Morgan fingerprint density at radius 2 is 1.68 bits per heavy atom. The van der Waals surface area contributed by atoms with Gasteiger partial charge >= 0.3 is 6.09 Å². The van der Waals surface area contributed by atoms with Crippen molar-refractivity contribution in [2.24, 2.45) is 0 Å². The molecule has 0 bridgehead atoms. The Kier molecular flexibility index (Phi) is 3.90. The van der Waals surface area contributed by atoms with Crippen molar-refractivity contribution in [3.05, 3.63) is 89.9 Å². The second-order valence-corrected chi connectivity index (χ2v) is 5.78. The quantitative estimate of drug-likeness (QED) is 0.772. The lowest BCUT2D eigenvalue weighted by Crippen LogP contribution is -2.21. The Morgan fingerprint density at radius 1 is 0.920 bits per heavy atom. The van der Waals surface area contributed by atoms with Crippen LogP contribution in [0.25, 0.3) is 11.3 Å². The van der Waals surface area contributed by atoms with Crippen LogP contribution in [0.3, 0.4) is 0 Å². The Balaban J connectivity index is 1.73. The zero-order valence-corrected chi connectivity index (χ0v) is 13.2. The molecule has 1 fully saturated rings. The molecule has 1 saturated heterocycles. The van der Waals surface area contributed by atoms with Crippen molar-refractivity contribution in [3.63, 3.8) is 0 Å². The molecule has 2 atom stereocenters. The van der Waals surface area contributed by atoms with Crippen molar-refractivity contribution >= 4 is 6.09 Å². The zero-order valence-electron chi connectivity index (χ0n) is 13.2. The Labute approximate surface area is 144 Å². The highest BCUT2D eigenvalue weighted by molar-refractivity contribution is 5.71. The van der Waals surface area contributed by atoms with Gasteiger partial charge in [-0.05, 0) is 18.2 Å². The smallest absolute Gasteiger partial charge is 0.408 e. The van der Waals surface area contributed by atoms with Crippen LogP contribution < -0.4 is 5.32 Å². The number of aromatic nitrogens is 1. The summed E-state index contributed by atoms with van der Waals surface area (Å²) < 4.78 is 19.5. The van der Waals surface area contributed by atoms with Crippen molar-refractivity contribution in [1.82, 2.24) is 10.3 Å². The molecule has 0 saturated carbocycles. The van der Waals surface area contributed by atoms with Crippen molar-refractivity contribution in [3.8, 4) is 11.3 Å². The molecule has 2 heterocycles. The molecule has 2 aromatic carbocycles. The van der Waals surface area contributed by atoms with Gasteiger partial charge in [0.1, 0.15) is 11.9 Å². The van der Waals surface area contributed by atoms with E-state index in [4.69, 9.17) is 4.74 Å². The highest BCUT2D eigenvalue weighted by Crippen LogP contribution is 2.37. The fourth-order valence-electron chi connectivity index (χ4n) is 2.99. The summed E-state index contributed by atoms with van der Waals surface area (Å²) in [6.45, 7) is 0. The van der Waals surface area contributed by atoms with Gasteiger partial charge < -0.3 is 10.1 Å². The number of hydrogen-bond donors (Lipinski definition) is 1. The lowest BCUT2D eigenvalue weighted by Gasteiger charge is -2.18. The van der Waals surface area contributed by atoms with Crippen LogP contribution in [-0.2, 0) is 4.74 Å². The van der Waals surface area contributed by atoms with E-state index in [1.165, 1.54) is 6.07 Å². The van der Waals surface area contributed by atoms with Gasteiger partial charge in [-0.3, -0.25) is 4.98 Å². The number of nitrogens with zero attached hydrogens (tertiary/aromatic N) is 1. The van der Waals surface area contributed by atoms with Gasteiger partial charge in [-0.25, -0.2) is 9.18 Å². The molecule has 0 unspecified atom stereocenters. The summed E-state index contributed by atoms with van der Waals surface area (Å²) in [6, 6.07) is 21.1.